The van der Waals surface area contributed by atoms with Crippen LogP contribution in [0.4, 0.5) is 0 Å². The third-order valence-electron chi connectivity index (χ3n) is 2.62. The van der Waals surface area contributed by atoms with E-state index in [1.807, 2.05) is 6.07 Å². The van der Waals surface area contributed by atoms with Crippen LogP contribution < -0.4 is 5.32 Å². The lowest BCUT2D eigenvalue weighted by Crippen LogP contribution is -2.45. The van der Waals surface area contributed by atoms with E-state index in [0.29, 0.717) is 5.92 Å². The number of hydrogen-bond acceptors (Lipinski definition) is 2. The van der Waals surface area contributed by atoms with E-state index in [2.05, 4.69) is 29.6 Å². The van der Waals surface area contributed by atoms with Crippen LogP contribution in [-0.4, -0.2) is 20.2 Å². The van der Waals surface area contributed by atoms with Crippen molar-refractivity contribution in [1.29, 1.82) is 0 Å². The van der Waals surface area contributed by atoms with Crippen molar-refractivity contribution in [1.82, 2.24) is 5.32 Å². The minimum absolute atomic E-state index is 0.266. The molecule has 1 atom stereocenters. The van der Waals surface area contributed by atoms with Gasteiger partial charge < -0.3 is 10.1 Å². The van der Waals surface area contributed by atoms with Gasteiger partial charge in [0.1, 0.15) is 0 Å². The molecule has 2 nitrogen and oxygen atoms in total. The van der Waals surface area contributed by atoms with Crippen molar-refractivity contribution in [2.75, 3.05) is 20.2 Å². The highest BCUT2D eigenvalue weighted by Crippen LogP contribution is 2.27. The van der Waals surface area contributed by atoms with E-state index in [-0.39, 0.29) is 6.10 Å². The van der Waals surface area contributed by atoms with Crippen LogP contribution in [0.1, 0.15) is 11.7 Å². The van der Waals surface area contributed by atoms with Crippen LogP contribution in [0.5, 0.6) is 0 Å². The van der Waals surface area contributed by atoms with Crippen LogP contribution >= 0.6 is 0 Å². The highest BCUT2D eigenvalue weighted by Gasteiger charge is 2.27. The van der Waals surface area contributed by atoms with Crippen molar-refractivity contribution < 1.29 is 4.74 Å². The van der Waals surface area contributed by atoms with Gasteiger partial charge in [0.2, 0.25) is 0 Å². The molecular weight excluding hydrogens is 162 g/mol. The zero-order chi connectivity index (χ0) is 9.10. The van der Waals surface area contributed by atoms with E-state index in [1.54, 1.807) is 7.11 Å². The average molecular weight is 177 g/mol. The fourth-order valence-corrected chi connectivity index (χ4v) is 1.77. The number of methoxy groups -OCH3 is 1. The normalized spacial score (nSPS) is 19.5. The maximum Gasteiger partial charge on any atom is 0.0873 e. The summed E-state index contributed by atoms with van der Waals surface area (Å²) in [6, 6.07) is 10.4. The molecule has 0 radical (unpaired) electrons. The fraction of sp³-hybridized carbons (Fsp3) is 0.455. The molecule has 1 aliphatic rings. The third kappa shape index (κ3) is 1.74. The van der Waals surface area contributed by atoms with Gasteiger partial charge in [0.15, 0.2) is 0 Å². The maximum atomic E-state index is 5.50. The summed E-state index contributed by atoms with van der Waals surface area (Å²) in [5.41, 5.74) is 1.29. The summed E-state index contributed by atoms with van der Waals surface area (Å²) >= 11 is 0. The molecule has 1 heterocycles. The van der Waals surface area contributed by atoms with Crippen molar-refractivity contribution in [2.45, 2.75) is 6.10 Å². The third-order valence-corrected chi connectivity index (χ3v) is 2.62. The molecule has 0 aliphatic carbocycles. The molecule has 70 valence electrons. The number of ether oxygens (including phenoxy) is 1. The van der Waals surface area contributed by atoms with E-state index in [4.69, 9.17) is 4.74 Å². The van der Waals surface area contributed by atoms with Crippen LogP contribution in [0, 0.1) is 5.92 Å². The lowest BCUT2D eigenvalue weighted by atomic mass is 9.91. The van der Waals surface area contributed by atoms with Gasteiger partial charge in [-0.3, -0.25) is 0 Å². The number of hydrogen-bond donors (Lipinski definition) is 1. The molecule has 0 amide bonds. The van der Waals surface area contributed by atoms with E-state index < -0.39 is 0 Å². The van der Waals surface area contributed by atoms with E-state index in [9.17, 15) is 0 Å². The average Bonchev–Trinajstić information content (AvgIpc) is 2.12. The fourth-order valence-electron chi connectivity index (χ4n) is 1.77. The van der Waals surface area contributed by atoms with Gasteiger partial charge in [-0.2, -0.15) is 0 Å². The largest absolute Gasteiger partial charge is 0.376 e. The van der Waals surface area contributed by atoms with Crippen LogP contribution in [-0.2, 0) is 4.74 Å². The molecule has 1 saturated heterocycles. The lowest BCUT2D eigenvalue weighted by molar-refractivity contribution is 0.0292. The Morgan fingerprint density at radius 1 is 1.31 bits per heavy atom. The van der Waals surface area contributed by atoms with Crippen LogP contribution in [0.3, 0.4) is 0 Å². The topological polar surface area (TPSA) is 21.3 Å². The minimum atomic E-state index is 0.266. The highest BCUT2D eigenvalue weighted by atomic mass is 16.5. The Morgan fingerprint density at radius 2 is 2.00 bits per heavy atom. The van der Waals surface area contributed by atoms with E-state index in [1.165, 1.54) is 5.56 Å². The maximum absolute atomic E-state index is 5.50. The summed E-state index contributed by atoms with van der Waals surface area (Å²) in [7, 11) is 1.79. The SMILES string of the molecule is CO[C@H](c1ccccc1)C1CNC1. The van der Waals surface area contributed by atoms with Crippen molar-refractivity contribution in [3.8, 4) is 0 Å². The predicted octanol–water partition coefficient (Wildman–Crippen LogP) is 1.59. The Labute approximate surface area is 78.9 Å². The molecule has 0 spiro atoms. The second-order valence-electron chi connectivity index (χ2n) is 3.49. The molecule has 0 aromatic heterocycles. The molecule has 0 unspecified atom stereocenters. The quantitative estimate of drug-likeness (QED) is 0.757. The van der Waals surface area contributed by atoms with Gasteiger partial charge in [0, 0.05) is 26.1 Å². The second-order valence-corrected chi connectivity index (χ2v) is 3.49. The lowest BCUT2D eigenvalue weighted by Gasteiger charge is -2.34. The van der Waals surface area contributed by atoms with Gasteiger partial charge >= 0.3 is 0 Å². The standard InChI is InChI=1S/C11H15NO/c1-13-11(10-7-12-8-10)9-5-3-2-4-6-9/h2-6,10-12H,7-8H2,1H3/t11-/m1/s1. The first kappa shape index (κ1) is 8.73. The first-order valence-corrected chi connectivity index (χ1v) is 4.70. The minimum Gasteiger partial charge on any atom is -0.376 e. The van der Waals surface area contributed by atoms with Crippen molar-refractivity contribution in [3.05, 3.63) is 35.9 Å². The van der Waals surface area contributed by atoms with E-state index in [0.717, 1.165) is 13.1 Å². The van der Waals surface area contributed by atoms with Gasteiger partial charge in [-0.15, -0.1) is 0 Å². The molecule has 1 fully saturated rings. The summed E-state index contributed by atoms with van der Waals surface area (Å²) in [5.74, 6) is 0.646. The molecule has 0 bridgehead atoms. The van der Waals surface area contributed by atoms with Gasteiger partial charge in [0.05, 0.1) is 6.10 Å². The second kappa shape index (κ2) is 3.90. The van der Waals surface area contributed by atoms with Gasteiger partial charge in [-0.1, -0.05) is 30.3 Å². The first-order valence-electron chi connectivity index (χ1n) is 4.70. The number of benzene rings is 1. The highest BCUT2D eigenvalue weighted by molar-refractivity contribution is 5.19. The van der Waals surface area contributed by atoms with Crippen LogP contribution in [0.15, 0.2) is 30.3 Å². The number of nitrogens with one attached hydrogen (secondary N) is 1. The molecule has 1 aromatic carbocycles. The predicted molar refractivity (Wildman–Crippen MR) is 52.6 cm³/mol. The zero-order valence-electron chi connectivity index (χ0n) is 7.86. The van der Waals surface area contributed by atoms with Crippen molar-refractivity contribution >= 4 is 0 Å². The molecule has 13 heavy (non-hydrogen) atoms. The van der Waals surface area contributed by atoms with Gasteiger partial charge in [-0.05, 0) is 5.56 Å². The summed E-state index contributed by atoms with van der Waals surface area (Å²) in [5, 5.41) is 3.27. The summed E-state index contributed by atoms with van der Waals surface area (Å²) in [4.78, 5) is 0. The van der Waals surface area contributed by atoms with Crippen molar-refractivity contribution in [3.63, 3.8) is 0 Å². The Kier molecular flexibility index (Phi) is 2.62. The molecule has 0 saturated carbocycles. The van der Waals surface area contributed by atoms with Gasteiger partial charge in [0.25, 0.3) is 0 Å². The van der Waals surface area contributed by atoms with E-state index >= 15 is 0 Å². The smallest absolute Gasteiger partial charge is 0.0873 e. The van der Waals surface area contributed by atoms with Crippen LogP contribution in [0.2, 0.25) is 0 Å². The Morgan fingerprint density at radius 3 is 2.46 bits per heavy atom. The molecular formula is C11H15NO. The Balaban J connectivity index is 2.12. The van der Waals surface area contributed by atoms with Crippen LogP contribution in [0.25, 0.3) is 0 Å². The molecule has 1 aliphatic heterocycles. The monoisotopic (exact) mass is 177 g/mol. The summed E-state index contributed by atoms with van der Waals surface area (Å²) in [6.07, 6.45) is 0.266. The summed E-state index contributed by atoms with van der Waals surface area (Å²) < 4.78 is 5.50. The summed E-state index contributed by atoms with van der Waals surface area (Å²) in [6.45, 7) is 2.15. The number of rotatable bonds is 3. The Hall–Kier alpha value is -0.860. The zero-order valence-corrected chi connectivity index (χ0v) is 7.86. The molecule has 1 aromatic rings. The molecule has 2 rings (SSSR count). The molecule has 2 heteroatoms. The Bertz CT molecular complexity index is 256. The van der Waals surface area contributed by atoms with Crippen molar-refractivity contribution in [2.24, 2.45) is 5.92 Å². The first-order chi connectivity index (χ1) is 6.42. The van der Waals surface area contributed by atoms with Gasteiger partial charge in [-0.25, -0.2) is 0 Å². The molecule has 1 N–H and O–H groups in total.